The summed E-state index contributed by atoms with van der Waals surface area (Å²) in [5.74, 6) is -0.503. The highest BCUT2D eigenvalue weighted by molar-refractivity contribution is 6.03. The van der Waals surface area contributed by atoms with Gasteiger partial charge in [0.15, 0.2) is 0 Å². The van der Waals surface area contributed by atoms with Crippen LogP contribution in [0.15, 0.2) is 60.7 Å². The van der Waals surface area contributed by atoms with Gasteiger partial charge in [-0.15, -0.1) is 0 Å². The lowest BCUT2D eigenvalue weighted by Crippen LogP contribution is -2.47. The van der Waals surface area contributed by atoms with Crippen molar-refractivity contribution in [3.8, 4) is 11.1 Å². The van der Waals surface area contributed by atoms with Crippen LogP contribution in [0.5, 0.6) is 0 Å². The number of nitrogens with zero attached hydrogens (tertiary/aromatic N) is 3. The Morgan fingerprint density at radius 1 is 0.853 bits per heavy atom. The topological polar surface area (TPSA) is 26.8 Å². The largest absolute Gasteiger partial charge is 0.283 e. The van der Waals surface area contributed by atoms with E-state index in [4.69, 9.17) is 0 Å². The molecular weight excluding hydrogens is 432 g/mol. The molecule has 0 spiro atoms. The van der Waals surface area contributed by atoms with Crippen LogP contribution in [0.4, 0.5) is 20.2 Å². The zero-order valence-corrected chi connectivity index (χ0v) is 19.2. The van der Waals surface area contributed by atoms with Crippen molar-refractivity contribution < 1.29 is 13.6 Å². The molecule has 6 heteroatoms. The van der Waals surface area contributed by atoms with Gasteiger partial charge in [-0.05, 0) is 79.1 Å². The Morgan fingerprint density at radius 3 is 2.09 bits per heavy atom. The number of amides is 1. The van der Waals surface area contributed by atoms with Gasteiger partial charge in [0.05, 0.1) is 11.4 Å². The van der Waals surface area contributed by atoms with E-state index in [-0.39, 0.29) is 29.6 Å². The van der Waals surface area contributed by atoms with Gasteiger partial charge in [-0.3, -0.25) is 14.7 Å². The summed E-state index contributed by atoms with van der Waals surface area (Å²) in [4.78, 5) is 15.4. The van der Waals surface area contributed by atoms with E-state index in [1.54, 1.807) is 18.2 Å². The fourth-order valence-electron chi connectivity index (χ4n) is 5.32. The number of benzene rings is 3. The highest BCUT2D eigenvalue weighted by Gasteiger charge is 2.48. The van der Waals surface area contributed by atoms with Crippen LogP contribution in [0.2, 0.25) is 0 Å². The molecule has 4 nitrogen and oxygen atoms in total. The molecule has 1 unspecified atom stereocenters. The average molecular weight is 460 g/mol. The highest BCUT2D eigenvalue weighted by atomic mass is 19.1. The minimum atomic E-state index is -0.357. The predicted octanol–water partition coefficient (Wildman–Crippen LogP) is 6.21. The van der Waals surface area contributed by atoms with Gasteiger partial charge in [-0.2, -0.15) is 0 Å². The number of hydrogen-bond acceptors (Lipinski definition) is 3. The molecule has 2 heterocycles. The molecule has 0 radical (unpaired) electrons. The Bertz CT molecular complexity index is 1230. The Morgan fingerprint density at radius 2 is 1.47 bits per heavy atom. The molecule has 3 aromatic carbocycles. The maximum absolute atomic E-state index is 14.6. The third-order valence-corrected chi connectivity index (χ3v) is 7.15. The van der Waals surface area contributed by atoms with Gasteiger partial charge >= 0.3 is 0 Å². The summed E-state index contributed by atoms with van der Waals surface area (Å²) in [6.45, 7) is 3.74. The van der Waals surface area contributed by atoms with Gasteiger partial charge in [0.1, 0.15) is 17.8 Å². The second kappa shape index (κ2) is 8.20. The first kappa shape index (κ1) is 21.3. The van der Waals surface area contributed by atoms with E-state index < -0.39 is 0 Å². The predicted molar refractivity (Wildman–Crippen MR) is 129 cm³/mol. The lowest BCUT2D eigenvalue weighted by Gasteiger charge is -2.38. The maximum atomic E-state index is 14.6. The van der Waals surface area contributed by atoms with E-state index >= 15 is 0 Å². The standard InChI is InChI=1S/C28H27F2N3O/c1-18-16-24(30)17-25-26(18)33(31-14-2-3-15-31)27(32(25)28(34)22-8-9-22)21-6-4-19(5-7-21)20-10-12-23(29)13-11-20/h4-7,10-13,16-17,22,27H,2-3,8-9,14-15H2,1H3. The smallest absolute Gasteiger partial charge is 0.232 e. The number of fused-ring (bicyclic) bond motifs is 1. The van der Waals surface area contributed by atoms with Gasteiger partial charge in [0.25, 0.3) is 0 Å². The summed E-state index contributed by atoms with van der Waals surface area (Å²) in [6, 6.07) is 17.6. The van der Waals surface area contributed by atoms with Crippen LogP contribution in [0.1, 0.15) is 43.0 Å². The number of anilines is 2. The zero-order chi connectivity index (χ0) is 23.4. The maximum Gasteiger partial charge on any atom is 0.232 e. The first-order chi connectivity index (χ1) is 16.5. The average Bonchev–Trinajstić information content (AvgIpc) is 3.43. The SMILES string of the molecule is Cc1cc(F)cc2c1N(N1CCCC1)C(c1ccc(-c3ccc(F)cc3)cc1)N2C(=O)C1CC1. The summed E-state index contributed by atoms with van der Waals surface area (Å²) in [5, 5.41) is 4.53. The molecule has 1 amide bonds. The minimum absolute atomic E-state index is 0.0101. The van der Waals surface area contributed by atoms with Crippen LogP contribution < -0.4 is 9.91 Å². The minimum Gasteiger partial charge on any atom is -0.283 e. The first-order valence-electron chi connectivity index (χ1n) is 12.0. The van der Waals surface area contributed by atoms with Crippen LogP contribution >= 0.6 is 0 Å². The van der Waals surface area contributed by atoms with Crippen LogP contribution in [-0.2, 0) is 4.79 Å². The Balaban J connectivity index is 1.46. The Hall–Kier alpha value is -3.25. The van der Waals surface area contributed by atoms with Gasteiger partial charge in [0, 0.05) is 19.0 Å². The van der Waals surface area contributed by atoms with Crippen molar-refractivity contribution in [2.45, 2.75) is 38.8 Å². The molecule has 3 aliphatic rings. The van der Waals surface area contributed by atoms with Crippen molar-refractivity contribution in [3.05, 3.63) is 83.4 Å². The van der Waals surface area contributed by atoms with Gasteiger partial charge < -0.3 is 0 Å². The van der Waals surface area contributed by atoms with Crippen LogP contribution in [-0.4, -0.2) is 24.0 Å². The number of halogens is 2. The number of aryl methyl sites for hydroxylation is 1. The van der Waals surface area contributed by atoms with Crippen molar-refractivity contribution in [1.29, 1.82) is 0 Å². The fraction of sp³-hybridized carbons (Fsp3) is 0.321. The Labute approximate surface area is 198 Å². The molecule has 2 fully saturated rings. The molecule has 1 aliphatic carbocycles. The number of hydrazine groups is 1. The normalized spacial score (nSPS) is 20.1. The second-order valence-electron chi connectivity index (χ2n) is 9.58. The van der Waals surface area contributed by atoms with Crippen LogP contribution in [0.25, 0.3) is 11.1 Å². The van der Waals surface area contributed by atoms with E-state index in [9.17, 15) is 13.6 Å². The molecule has 0 bridgehead atoms. The number of carbonyl (C=O) groups excluding carboxylic acids is 1. The van der Waals surface area contributed by atoms with E-state index in [1.807, 2.05) is 36.1 Å². The molecule has 6 rings (SSSR count). The van der Waals surface area contributed by atoms with Crippen molar-refractivity contribution >= 4 is 17.3 Å². The molecule has 1 saturated heterocycles. The molecule has 174 valence electrons. The third kappa shape index (κ3) is 3.57. The number of hydrogen-bond donors (Lipinski definition) is 0. The molecule has 2 aliphatic heterocycles. The lowest BCUT2D eigenvalue weighted by atomic mass is 10.0. The lowest BCUT2D eigenvalue weighted by molar-refractivity contribution is -0.120. The molecule has 0 aromatic heterocycles. The second-order valence-corrected chi connectivity index (χ2v) is 9.58. The molecule has 1 saturated carbocycles. The van der Waals surface area contributed by atoms with Crippen LogP contribution in [0, 0.1) is 24.5 Å². The van der Waals surface area contributed by atoms with Crippen molar-refractivity contribution in [2.24, 2.45) is 5.92 Å². The molecule has 1 atom stereocenters. The summed E-state index contributed by atoms with van der Waals surface area (Å²) in [7, 11) is 0. The monoisotopic (exact) mass is 459 g/mol. The van der Waals surface area contributed by atoms with E-state index in [1.165, 1.54) is 18.2 Å². The van der Waals surface area contributed by atoms with E-state index in [0.717, 1.165) is 66.7 Å². The zero-order valence-electron chi connectivity index (χ0n) is 19.2. The number of carbonyl (C=O) groups is 1. The quantitative estimate of drug-likeness (QED) is 0.464. The summed E-state index contributed by atoms with van der Waals surface area (Å²) in [6.07, 6.45) is 3.61. The van der Waals surface area contributed by atoms with Crippen molar-refractivity contribution in [2.75, 3.05) is 23.0 Å². The molecular formula is C28H27F2N3O. The summed E-state index contributed by atoms with van der Waals surface area (Å²) >= 11 is 0. The Kier molecular flexibility index (Phi) is 5.14. The van der Waals surface area contributed by atoms with Crippen LogP contribution in [0.3, 0.4) is 0 Å². The first-order valence-corrected chi connectivity index (χ1v) is 12.0. The van der Waals surface area contributed by atoms with Crippen molar-refractivity contribution in [1.82, 2.24) is 5.01 Å². The third-order valence-electron chi connectivity index (χ3n) is 7.15. The molecule has 0 N–H and O–H groups in total. The number of rotatable bonds is 4. The summed E-state index contributed by atoms with van der Waals surface area (Å²) < 4.78 is 27.9. The van der Waals surface area contributed by atoms with Gasteiger partial charge in [0.2, 0.25) is 5.91 Å². The van der Waals surface area contributed by atoms with Gasteiger partial charge in [-0.25, -0.2) is 13.8 Å². The van der Waals surface area contributed by atoms with E-state index in [2.05, 4.69) is 10.0 Å². The highest BCUT2D eigenvalue weighted by Crippen LogP contribution is 2.52. The molecule has 34 heavy (non-hydrogen) atoms. The van der Waals surface area contributed by atoms with Gasteiger partial charge in [-0.1, -0.05) is 36.4 Å². The molecule has 3 aromatic rings. The van der Waals surface area contributed by atoms with E-state index in [0.29, 0.717) is 5.69 Å². The fourth-order valence-corrected chi connectivity index (χ4v) is 5.32. The van der Waals surface area contributed by atoms with Crippen molar-refractivity contribution in [3.63, 3.8) is 0 Å². The summed E-state index contributed by atoms with van der Waals surface area (Å²) in [5.41, 5.74) is 5.31.